The summed E-state index contributed by atoms with van der Waals surface area (Å²) in [6.07, 6.45) is 0.122. The van der Waals surface area contributed by atoms with E-state index in [1.165, 1.54) is 7.11 Å². The van der Waals surface area contributed by atoms with Gasteiger partial charge in [-0.05, 0) is 64.5 Å². The van der Waals surface area contributed by atoms with E-state index in [1.54, 1.807) is 18.2 Å². The van der Waals surface area contributed by atoms with Crippen LogP contribution in [0.1, 0.15) is 29.8 Å². The number of aryl methyl sites for hydroxylation is 1. The molecule has 0 spiro atoms. The second kappa shape index (κ2) is 9.49. The molecule has 0 amide bonds. The fourth-order valence-corrected chi connectivity index (χ4v) is 3.60. The molecule has 0 heterocycles. The van der Waals surface area contributed by atoms with E-state index in [4.69, 9.17) is 21.1 Å². The van der Waals surface area contributed by atoms with Crippen molar-refractivity contribution in [2.75, 3.05) is 7.11 Å². The van der Waals surface area contributed by atoms with Gasteiger partial charge in [0.1, 0.15) is 11.5 Å². The Morgan fingerprint density at radius 1 is 1.21 bits per heavy atom. The standard InChI is InChI=1S/C18H20ClO3P.Li/c1-11(2)22-13-8-9-16(12(3)10-13)23-18(20)17-14(19)6-5-7-15(17)21-4;/h5-11,23H,1-4H3;. The van der Waals surface area contributed by atoms with Crippen molar-refractivity contribution in [1.29, 1.82) is 0 Å². The summed E-state index contributed by atoms with van der Waals surface area (Å²) in [6.45, 7) is 5.95. The molecule has 0 saturated heterocycles. The van der Waals surface area contributed by atoms with Gasteiger partial charge in [-0.3, -0.25) is 4.79 Å². The topological polar surface area (TPSA) is 35.5 Å². The number of benzene rings is 2. The van der Waals surface area contributed by atoms with Crippen LogP contribution in [0.15, 0.2) is 36.4 Å². The monoisotopic (exact) mass is 357 g/mol. The fraction of sp³-hybridized carbons (Fsp3) is 0.278. The average Bonchev–Trinajstić information content (AvgIpc) is 2.48. The van der Waals surface area contributed by atoms with E-state index in [0.717, 1.165) is 16.6 Å². The number of rotatable bonds is 6. The largest absolute Gasteiger partial charge is 0.496 e. The van der Waals surface area contributed by atoms with Gasteiger partial charge in [-0.1, -0.05) is 23.7 Å². The van der Waals surface area contributed by atoms with Gasteiger partial charge in [0.05, 0.1) is 23.8 Å². The van der Waals surface area contributed by atoms with Gasteiger partial charge in [-0.2, -0.15) is 0 Å². The maximum Gasteiger partial charge on any atom is 0.190 e. The van der Waals surface area contributed by atoms with Crippen LogP contribution in [0.3, 0.4) is 0 Å². The molecule has 6 heteroatoms. The molecule has 0 aliphatic heterocycles. The summed E-state index contributed by atoms with van der Waals surface area (Å²) in [5.41, 5.74) is 1.44. The third-order valence-corrected chi connectivity index (χ3v) is 4.86. The number of carbonyl (C=O) groups is 1. The van der Waals surface area contributed by atoms with Crippen LogP contribution in [0.2, 0.25) is 5.02 Å². The Morgan fingerprint density at radius 3 is 2.50 bits per heavy atom. The van der Waals surface area contributed by atoms with Gasteiger partial charge in [0, 0.05) is 18.9 Å². The van der Waals surface area contributed by atoms with Crippen LogP contribution in [0.4, 0.5) is 0 Å². The second-order valence-corrected chi connectivity index (χ2v) is 7.06. The number of hydrogen-bond acceptors (Lipinski definition) is 3. The van der Waals surface area contributed by atoms with Crippen LogP contribution in [-0.2, 0) is 0 Å². The van der Waals surface area contributed by atoms with Crippen molar-refractivity contribution in [1.82, 2.24) is 0 Å². The van der Waals surface area contributed by atoms with Crippen molar-refractivity contribution < 1.29 is 14.3 Å². The first kappa shape index (κ1) is 21.1. The summed E-state index contributed by atoms with van der Waals surface area (Å²) < 4.78 is 10.9. The molecule has 0 aliphatic rings. The molecule has 0 N–H and O–H groups in total. The predicted octanol–water partition coefficient (Wildman–Crippen LogP) is 4.21. The molecule has 0 fully saturated rings. The van der Waals surface area contributed by atoms with Crippen LogP contribution in [0, 0.1) is 6.92 Å². The molecule has 2 aromatic carbocycles. The minimum absolute atomic E-state index is 0. The first-order valence-electron chi connectivity index (χ1n) is 7.33. The molecule has 0 aromatic heterocycles. The maximum atomic E-state index is 12.6. The number of carbonyl (C=O) groups excluding carboxylic acids is 1. The van der Waals surface area contributed by atoms with Gasteiger partial charge in [-0.25, -0.2) is 0 Å². The van der Waals surface area contributed by atoms with Gasteiger partial charge < -0.3 is 9.47 Å². The molecule has 0 bridgehead atoms. The van der Waals surface area contributed by atoms with E-state index in [0.29, 0.717) is 16.3 Å². The van der Waals surface area contributed by atoms with Crippen LogP contribution in [0.25, 0.3) is 0 Å². The molecule has 1 unspecified atom stereocenters. The summed E-state index contributed by atoms with van der Waals surface area (Å²) in [6, 6.07) is 11.0. The third-order valence-electron chi connectivity index (χ3n) is 3.24. The first-order valence-corrected chi connectivity index (χ1v) is 8.71. The minimum Gasteiger partial charge on any atom is -0.496 e. The summed E-state index contributed by atoms with van der Waals surface area (Å²) >= 11 is 6.18. The third kappa shape index (κ3) is 5.26. The second-order valence-electron chi connectivity index (χ2n) is 5.41. The van der Waals surface area contributed by atoms with Crippen molar-refractivity contribution in [3.8, 4) is 11.5 Å². The Balaban J connectivity index is 0.00000288. The van der Waals surface area contributed by atoms with Gasteiger partial charge in [0.15, 0.2) is 5.52 Å². The molecule has 24 heavy (non-hydrogen) atoms. The number of halogens is 1. The van der Waals surface area contributed by atoms with Crippen molar-refractivity contribution in [3.05, 3.63) is 52.5 Å². The van der Waals surface area contributed by atoms with Crippen LogP contribution in [-0.4, -0.2) is 37.6 Å². The Labute approximate surface area is 162 Å². The summed E-state index contributed by atoms with van der Waals surface area (Å²) in [4.78, 5) is 12.6. The number of methoxy groups -OCH3 is 1. The van der Waals surface area contributed by atoms with Crippen molar-refractivity contribution >= 4 is 49.9 Å². The molecule has 2 rings (SSSR count). The van der Waals surface area contributed by atoms with Gasteiger partial charge in [-0.15, -0.1) is 0 Å². The Bertz CT molecular complexity index is 719. The maximum absolute atomic E-state index is 12.6. The smallest absolute Gasteiger partial charge is 0.190 e. The zero-order valence-electron chi connectivity index (χ0n) is 14.6. The van der Waals surface area contributed by atoms with E-state index in [9.17, 15) is 4.79 Å². The van der Waals surface area contributed by atoms with Crippen molar-refractivity contribution in [2.45, 2.75) is 26.9 Å². The minimum atomic E-state index is -0.0342. The van der Waals surface area contributed by atoms with Crippen molar-refractivity contribution in [2.24, 2.45) is 0 Å². The van der Waals surface area contributed by atoms with Crippen molar-refractivity contribution in [3.63, 3.8) is 0 Å². The molecular weight excluding hydrogens is 338 g/mol. The molecule has 1 atom stereocenters. The number of hydrogen-bond donors (Lipinski definition) is 0. The van der Waals surface area contributed by atoms with E-state index in [-0.39, 0.29) is 39.1 Å². The summed E-state index contributed by atoms with van der Waals surface area (Å²) in [5, 5.41) is 1.40. The summed E-state index contributed by atoms with van der Waals surface area (Å²) in [7, 11) is 1.52. The summed E-state index contributed by atoms with van der Waals surface area (Å²) in [5.74, 6) is 1.32. The Hall–Kier alpha value is -0.973. The average molecular weight is 358 g/mol. The van der Waals surface area contributed by atoms with Gasteiger partial charge >= 0.3 is 0 Å². The van der Waals surface area contributed by atoms with Gasteiger partial charge in [0.2, 0.25) is 0 Å². The van der Waals surface area contributed by atoms with E-state index < -0.39 is 0 Å². The molecule has 3 nitrogen and oxygen atoms in total. The molecule has 2 aromatic rings. The Morgan fingerprint density at radius 2 is 1.92 bits per heavy atom. The molecular formula is C18H20ClLiO3P. The molecule has 0 saturated carbocycles. The Kier molecular flexibility index (Phi) is 8.34. The SMILES string of the molecule is COc1cccc(Cl)c1C(=O)Pc1ccc(OC(C)C)cc1C.[Li]. The van der Waals surface area contributed by atoms with Gasteiger partial charge in [0.25, 0.3) is 0 Å². The van der Waals surface area contributed by atoms with E-state index in [2.05, 4.69) is 0 Å². The molecule has 123 valence electrons. The predicted molar refractivity (Wildman–Crippen MR) is 103 cm³/mol. The first-order chi connectivity index (χ1) is 10.9. The molecule has 0 aliphatic carbocycles. The fourth-order valence-electron chi connectivity index (χ4n) is 2.20. The van der Waals surface area contributed by atoms with E-state index in [1.807, 2.05) is 39.0 Å². The van der Waals surface area contributed by atoms with Crippen LogP contribution in [0.5, 0.6) is 11.5 Å². The normalized spacial score (nSPS) is 10.8. The van der Waals surface area contributed by atoms with Crippen LogP contribution >= 0.6 is 20.2 Å². The number of ether oxygens (including phenoxy) is 2. The zero-order valence-corrected chi connectivity index (χ0v) is 16.4. The van der Waals surface area contributed by atoms with E-state index >= 15 is 0 Å². The van der Waals surface area contributed by atoms with Crippen LogP contribution < -0.4 is 14.8 Å². The molecule has 1 radical (unpaired) electrons. The zero-order chi connectivity index (χ0) is 17.0. The quantitative estimate of drug-likeness (QED) is 0.574.